The molecule has 20 heavy (non-hydrogen) atoms. The van der Waals surface area contributed by atoms with Crippen LogP contribution in [0, 0.1) is 24.4 Å². The maximum atomic E-state index is 13.5. The Kier molecular flexibility index (Phi) is 4.12. The Labute approximate surface area is 114 Å². The number of halogens is 3. The highest BCUT2D eigenvalue weighted by Crippen LogP contribution is 2.21. The van der Waals surface area contributed by atoms with E-state index in [0.717, 1.165) is 17.8 Å². The quantitative estimate of drug-likeness (QED) is 0.872. The number of aryl methyl sites for hydroxylation is 1. The second-order valence-electron chi connectivity index (χ2n) is 4.22. The summed E-state index contributed by atoms with van der Waals surface area (Å²) in [5.41, 5.74) is 1.23. The van der Waals surface area contributed by atoms with Crippen molar-refractivity contribution in [2.75, 3.05) is 12.4 Å². The molecule has 1 aromatic heterocycles. The lowest BCUT2D eigenvalue weighted by atomic mass is 10.2. The second kappa shape index (κ2) is 5.81. The predicted molar refractivity (Wildman–Crippen MR) is 69.2 cm³/mol. The summed E-state index contributed by atoms with van der Waals surface area (Å²) in [6.45, 7) is 1.96. The van der Waals surface area contributed by atoms with Crippen LogP contribution in [-0.2, 0) is 6.54 Å². The molecule has 0 saturated heterocycles. The molecule has 2 rings (SSSR count). The standard InChI is InChI=1S/C14H13F3N2O/c1-8-5-10(20-2)6-9(19-8)7-18-12-4-3-11(15)13(16)14(12)17/h3-6,18H,7H2,1-2H3. The molecule has 0 aliphatic carbocycles. The zero-order valence-corrected chi connectivity index (χ0v) is 11.0. The number of rotatable bonds is 4. The average Bonchev–Trinajstić information content (AvgIpc) is 2.43. The van der Waals surface area contributed by atoms with E-state index in [1.54, 1.807) is 19.1 Å². The molecule has 0 amide bonds. The highest BCUT2D eigenvalue weighted by molar-refractivity contribution is 5.45. The molecule has 0 radical (unpaired) electrons. The number of aromatic nitrogens is 1. The van der Waals surface area contributed by atoms with Crippen LogP contribution >= 0.6 is 0 Å². The fourth-order valence-corrected chi connectivity index (χ4v) is 1.76. The molecule has 1 N–H and O–H groups in total. The van der Waals surface area contributed by atoms with Crippen molar-refractivity contribution in [2.24, 2.45) is 0 Å². The Bertz CT molecular complexity index is 632. The Morgan fingerprint density at radius 2 is 1.90 bits per heavy atom. The smallest absolute Gasteiger partial charge is 0.196 e. The van der Waals surface area contributed by atoms with Gasteiger partial charge in [0.2, 0.25) is 0 Å². The fraction of sp³-hybridized carbons (Fsp3) is 0.214. The first kappa shape index (κ1) is 14.2. The average molecular weight is 282 g/mol. The number of pyridine rings is 1. The summed E-state index contributed by atoms with van der Waals surface area (Å²) in [6.07, 6.45) is 0. The Hall–Kier alpha value is -2.24. The summed E-state index contributed by atoms with van der Waals surface area (Å²) in [6, 6.07) is 5.44. The molecular weight excluding hydrogens is 269 g/mol. The number of nitrogens with one attached hydrogen (secondary N) is 1. The van der Waals surface area contributed by atoms with Crippen molar-refractivity contribution in [1.82, 2.24) is 4.98 Å². The van der Waals surface area contributed by atoms with Gasteiger partial charge in [0.25, 0.3) is 0 Å². The first-order chi connectivity index (χ1) is 9.51. The number of hydrogen-bond acceptors (Lipinski definition) is 3. The van der Waals surface area contributed by atoms with Gasteiger partial charge in [-0.25, -0.2) is 13.2 Å². The number of anilines is 1. The van der Waals surface area contributed by atoms with Crippen LogP contribution in [0.1, 0.15) is 11.4 Å². The number of ether oxygens (including phenoxy) is 1. The van der Waals surface area contributed by atoms with Gasteiger partial charge in [-0.15, -0.1) is 0 Å². The maximum absolute atomic E-state index is 13.5. The molecule has 0 aliphatic heterocycles. The molecule has 0 spiro atoms. The van der Waals surface area contributed by atoms with Crippen molar-refractivity contribution in [3.63, 3.8) is 0 Å². The summed E-state index contributed by atoms with van der Waals surface area (Å²) < 4.78 is 44.4. The minimum absolute atomic E-state index is 0.119. The third-order valence-electron chi connectivity index (χ3n) is 2.71. The Morgan fingerprint density at radius 3 is 2.60 bits per heavy atom. The van der Waals surface area contributed by atoms with Crippen LogP contribution in [0.5, 0.6) is 5.75 Å². The van der Waals surface area contributed by atoms with Gasteiger partial charge in [-0.1, -0.05) is 0 Å². The molecule has 0 bridgehead atoms. The Balaban J connectivity index is 2.17. The second-order valence-corrected chi connectivity index (χ2v) is 4.22. The topological polar surface area (TPSA) is 34.1 Å². The van der Waals surface area contributed by atoms with Gasteiger partial charge in [-0.3, -0.25) is 4.98 Å². The molecule has 0 fully saturated rings. The molecule has 0 aliphatic rings. The molecule has 0 unspecified atom stereocenters. The van der Waals surface area contributed by atoms with E-state index in [0.29, 0.717) is 11.4 Å². The van der Waals surface area contributed by atoms with Gasteiger partial charge in [-0.05, 0) is 19.1 Å². The van der Waals surface area contributed by atoms with Crippen molar-refractivity contribution in [1.29, 1.82) is 0 Å². The third kappa shape index (κ3) is 3.01. The molecule has 106 valence electrons. The summed E-state index contributed by atoms with van der Waals surface area (Å²) in [5.74, 6) is -3.34. The van der Waals surface area contributed by atoms with Crippen molar-refractivity contribution < 1.29 is 17.9 Å². The lowest BCUT2D eigenvalue weighted by molar-refractivity contribution is 0.413. The van der Waals surface area contributed by atoms with Crippen LogP contribution in [0.2, 0.25) is 0 Å². The largest absolute Gasteiger partial charge is 0.497 e. The van der Waals surface area contributed by atoms with E-state index in [1.807, 2.05) is 0 Å². The highest BCUT2D eigenvalue weighted by Gasteiger charge is 2.13. The monoisotopic (exact) mass is 282 g/mol. The van der Waals surface area contributed by atoms with E-state index in [-0.39, 0.29) is 12.2 Å². The van der Waals surface area contributed by atoms with Gasteiger partial charge >= 0.3 is 0 Å². The summed E-state index contributed by atoms with van der Waals surface area (Å²) in [7, 11) is 1.53. The van der Waals surface area contributed by atoms with Gasteiger partial charge in [-0.2, -0.15) is 0 Å². The van der Waals surface area contributed by atoms with Crippen molar-refractivity contribution in [3.05, 3.63) is 53.1 Å². The Morgan fingerprint density at radius 1 is 1.15 bits per heavy atom. The first-order valence-electron chi connectivity index (χ1n) is 5.90. The molecule has 6 heteroatoms. The molecular formula is C14H13F3N2O. The van der Waals surface area contributed by atoms with E-state index in [4.69, 9.17) is 4.74 Å². The predicted octanol–water partition coefficient (Wildman–Crippen LogP) is 3.43. The van der Waals surface area contributed by atoms with Crippen LogP contribution in [0.4, 0.5) is 18.9 Å². The van der Waals surface area contributed by atoms with Crippen LogP contribution < -0.4 is 10.1 Å². The molecule has 1 heterocycles. The number of hydrogen-bond donors (Lipinski definition) is 1. The normalized spacial score (nSPS) is 10.4. The number of nitrogens with zero attached hydrogens (tertiary/aromatic N) is 1. The van der Waals surface area contributed by atoms with Crippen LogP contribution in [0.3, 0.4) is 0 Å². The summed E-state index contributed by atoms with van der Waals surface area (Å²) in [4.78, 5) is 4.23. The molecule has 3 nitrogen and oxygen atoms in total. The zero-order valence-electron chi connectivity index (χ0n) is 11.0. The number of benzene rings is 1. The van der Waals surface area contributed by atoms with Gasteiger partial charge in [0, 0.05) is 17.8 Å². The van der Waals surface area contributed by atoms with Crippen LogP contribution in [-0.4, -0.2) is 12.1 Å². The van der Waals surface area contributed by atoms with Crippen LogP contribution in [0.15, 0.2) is 24.3 Å². The van der Waals surface area contributed by atoms with E-state index >= 15 is 0 Å². The van der Waals surface area contributed by atoms with Gasteiger partial charge in [0.1, 0.15) is 5.75 Å². The van der Waals surface area contributed by atoms with E-state index in [1.165, 1.54) is 7.11 Å². The first-order valence-corrected chi connectivity index (χ1v) is 5.90. The van der Waals surface area contributed by atoms with E-state index in [2.05, 4.69) is 10.3 Å². The molecule has 0 atom stereocenters. The maximum Gasteiger partial charge on any atom is 0.196 e. The summed E-state index contributed by atoms with van der Waals surface area (Å²) >= 11 is 0. The lowest BCUT2D eigenvalue weighted by Crippen LogP contribution is -2.06. The van der Waals surface area contributed by atoms with E-state index in [9.17, 15) is 13.2 Å². The molecule has 1 aromatic carbocycles. The fourth-order valence-electron chi connectivity index (χ4n) is 1.76. The third-order valence-corrected chi connectivity index (χ3v) is 2.71. The van der Waals surface area contributed by atoms with E-state index < -0.39 is 17.5 Å². The molecule has 0 saturated carbocycles. The van der Waals surface area contributed by atoms with Gasteiger partial charge in [0.15, 0.2) is 17.5 Å². The zero-order chi connectivity index (χ0) is 14.7. The van der Waals surface area contributed by atoms with Crippen molar-refractivity contribution in [2.45, 2.75) is 13.5 Å². The van der Waals surface area contributed by atoms with Crippen molar-refractivity contribution >= 4 is 5.69 Å². The summed E-state index contributed by atoms with van der Waals surface area (Å²) in [5, 5.41) is 2.68. The lowest BCUT2D eigenvalue weighted by Gasteiger charge is -2.10. The van der Waals surface area contributed by atoms with Gasteiger partial charge in [0.05, 0.1) is 25.0 Å². The number of methoxy groups -OCH3 is 1. The minimum Gasteiger partial charge on any atom is -0.497 e. The van der Waals surface area contributed by atoms with Gasteiger partial charge < -0.3 is 10.1 Å². The molecule has 2 aromatic rings. The SMILES string of the molecule is COc1cc(C)nc(CNc2ccc(F)c(F)c2F)c1. The highest BCUT2D eigenvalue weighted by atomic mass is 19.2. The van der Waals surface area contributed by atoms with Crippen molar-refractivity contribution in [3.8, 4) is 5.75 Å². The minimum atomic E-state index is -1.50. The van der Waals surface area contributed by atoms with Crippen LogP contribution in [0.25, 0.3) is 0 Å².